The summed E-state index contributed by atoms with van der Waals surface area (Å²) in [6.07, 6.45) is 0.294. The number of aryl methyl sites for hydroxylation is 2. The largest absolute Gasteiger partial charge is 0.350 e. The van der Waals surface area contributed by atoms with E-state index in [1.165, 1.54) is 29.2 Å². The Morgan fingerprint density at radius 1 is 0.881 bits per heavy atom. The third-order valence-electron chi connectivity index (χ3n) is 6.68. The highest BCUT2D eigenvalue weighted by Crippen LogP contribution is 2.28. The molecule has 2 amide bonds. The first-order valence-electron chi connectivity index (χ1n) is 13.4. The van der Waals surface area contributed by atoms with E-state index >= 15 is 0 Å². The molecule has 1 atom stereocenters. The van der Waals surface area contributed by atoms with Crippen LogP contribution >= 0.6 is 34.8 Å². The molecule has 0 heterocycles. The molecule has 0 aromatic heterocycles. The number of nitrogens with zero attached hydrogens (tertiary/aromatic N) is 2. The average Bonchev–Trinajstić information content (AvgIpc) is 2.90. The van der Waals surface area contributed by atoms with E-state index in [-0.39, 0.29) is 17.3 Å². The van der Waals surface area contributed by atoms with Crippen LogP contribution in [0.1, 0.15) is 50.8 Å². The monoisotopic (exact) mass is 651 g/mol. The van der Waals surface area contributed by atoms with Gasteiger partial charge in [-0.3, -0.25) is 13.9 Å². The Balaban J connectivity index is 2.11. The van der Waals surface area contributed by atoms with Gasteiger partial charge in [-0.05, 0) is 106 Å². The van der Waals surface area contributed by atoms with Gasteiger partial charge in [0.1, 0.15) is 12.6 Å². The van der Waals surface area contributed by atoms with Crippen molar-refractivity contribution in [1.82, 2.24) is 10.2 Å². The molecule has 0 aliphatic carbocycles. The average molecular weight is 653 g/mol. The number of hydrogen-bond donors (Lipinski definition) is 1. The minimum Gasteiger partial charge on any atom is -0.350 e. The fourth-order valence-corrected chi connectivity index (χ4v) is 6.20. The van der Waals surface area contributed by atoms with Crippen molar-refractivity contribution >= 4 is 62.3 Å². The molecule has 3 aromatic carbocycles. The number of rotatable bonds is 10. The zero-order valence-corrected chi connectivity index (χ0v) is 27.6. The van der Waals surface area contributed by atoms with Crippen molar-refractivity contribution in [3.8, 4) is 0 Å². The van der Waals surface area contributed by atoms with Crippen molar-refractivity contribution in [2.75, 3.05) is 10.8 Å². The zero-order valence-electron chi connectivity index (χ0n) is 24.5. The molecule has 0 aliphatic heterocycles. The molecule has 42 heavy (non-hydrogen) atoms. The summed E-state index contributed by atoms with van der Waals surface area (Å²) in [5.41, 5.74) is 2.24. The second kappa shape index (κ2) is 13.7. The number of halogens is 3. The number of hydrogen-bond acceptors (Lipinski definition) is 4. The lowest BCUT2D eigenvalue weighted by atomic mass is 10.1. The third kappa shape index (κ3) is 8.40. The summed E-state index contributed by atoms with van der Waals surface area (Å²) in [5.74, 6) is -0.913. The molecule has 3 rings (SSSR count). The van der Waals surface area contributed by atoms with Crippen LogP contribution in [0.15, 0.2) is 65.6 Å². The number of sulfonamides is 1. The molecule has 0 radical (unpaired) electrons. The molecular weight excluding hydrogens is 617 g/mol. The number of carbonyl (C=O) groups is 2. The lowest BCUT2D eigenvalue weighted by Gasteiger charge is -2.35. The minimum absolute atomic E-state index is 0.00749. The van der Waals surface area contributed by atoms with Crippen molar-refractivity contribution in [3.05, 3.63) is 92.4 Å². The first-order chi connectivity index (χ1) is 19.5. The fraction of sp³-hybridized carbons (Fsp3) is 0.355. The predicted octanol–water partition coefficient (Wildman–Crippen LogP) is 7.18. The van der Waals surface area contributed by atoms with Crippen molar-refractivity contribution in [2.45, 2.75) is 71.0 Å². The lowest BCUT2D eigenvalue weighted by Crippen LogP contribution is -2.55. The highest BCUT2D eigenvalue weighted by molar-refractivity contribution is 7.92. The van der Waals surface area contributed by atoms with Crippen LogP contribution in [0.4, 0.5) is 5.69 Å². The fourth-order valence-electron chi connectivity index (χ4n) is 4.35. The maximum absolute atomic E-state index is 14.2. The van der Waals surface area contributed by atoms with Crippen LogP contribution in [-0.4, -0.2) is 43.3 Å². The van der Waals surface area contributed by atoms with Gasteiger partial charge in [-0.2, -0.15) is 0 Å². The van der Waals surface area contributed by atoms with Gasteiger partial charge in [0.05, 0.1) is 20.6 Å². The van der Waals surface area contributed by atoms with Crippen LogP contribution in [0, 0.1) is 13.8 Å². The summed E-state index contributed by atoms with van der Waals surface area (Å²) in [6, 6.07) is 15.0. The topological polar surface area (TPSA) is 86.8 Å². The van der Waals surface area contributed by atoms with E-state index in [1.54, 1.807) is 43.3 Å². The molecule has 3 aromatic rings. The molecule has 0 saturated heterocycles. The normalized spacial score (nSPS) is 12.5. The molecule has 1 N–H and O–H groups in total. The standard InChI is InChI=1S/C31H36Cl3N3O4S/c1-7-28(30(39)35-31(4,5)6)36(18-22-9-15-26(33)27(34)17-22)29(38)19-37(24-12-8-20(2)21(3)16-24)42(40,41)25-13-10-23(32)11-14-25/h8-17,28H,7,18-19H2,1-6H3,(H,35,39). The Hall–Kier alpha value is -2.78. The van der Waals surface area contributed by atoms with Crippen LogP contribution < -0.4 is 9.62 Å². The molecule has 226 valence electrons. The summed E-state index contributed by atoms with van der Waals surface area (Å²) >= 11 is 18.4. The van der Waals surface area contributed by atoms with Gasteiger partial charge in [0.2, 0.25) is 11.8 Å². The van der Waals surface area contributed by atoms with E-state index in [1.807, 2.05) is 34.6 Å². The Kier molecular flexibility index (Phi) is 11.0. The number of amides is 2. The maximum Gasteiger partial charge on any atom is 0.264 e. The van der Waals surface area contributed by atoms with Crippen molar-refractivity contribution in [1.29, 1.82) is 0 Å². The maximum atomic E-state index is 14.2. The van der Waals surface area contributed by atoms with Gasteiger partial charge in [-0.15, -0.1) is 0 Å². The first-order valence-corrected chi connectivity index (χ1v) is 16.0. The van der Waals surface area contributed by atoms with E-state index in [0.717, 1.165) is 15.4 Å². The second-order valence-corrected chi connectivity index (χ2v) is 14.3. The van der Waals surface area contributed by atoms with E-state index in [9.17, 15) is 18.0 Å². The quantitative estimate of drug-likeness (QED) is 0.251. The number of anilines is 1. The van der Waals surface area contributed by atoms with Crippen molar-refractivity contribution in [2.24, 2.45) is 0 Å². The summed E-state index contributed by atoms with van der Waals surface area (Å²) in [6.45, 7) is 10.6. The molecule has 1 unspecified atom stereocenters. The van der Waals surface area contributed by atoms with Gasteiger partial charge in [-0.1, -0.05) is 53.9 Å². The van der Waals surface area contributed by atoms with Crippen LogP contribution in [0.5, 0.6) is 0 Å². The predicted molar refractivity (Wildman–Crippen MR) is 171 cm³/mol. The zero-order chi connectivity index (χ0) is 31.4. The van der Waals surface area contributed by atoms with Gasteiger partial charge in [-0.25, -0.2) is 8.42 Å². The smallest absolute Gasteiger partial charge is 0.264 e. The van der Waals surface area contributed by atoms with Gasteiger partial charge in [0, 0.05) is 17.1 Å². The lowest BCUT2D eigenvalue weighted by molar-refractivity contribution is -0.141. The molecule has 0 fully saturated rings. The van der Waals surface area contributed by atoms with Gasteiger partial charge in [0.15, 0.2) is 0 Å². The minimum atomic E-state index is -4.21. The van der Waals surface area contributed by atoms with Crippen LogP contribution in [-0.2, 0) is 26.2 Å². The first kappa shape index (κ1) is 33.7. The summed E-state index contributed by atoms with van der Waals surface area (Å²) in [5, 5.41) is 3.98. The molecular formula is C31H36Cl3N3O4S. The van der Waals surface area contributed by atoms with Crippen LogP contribution in [0.25, 0.3) is 0 Å². The van der Waals surface area contributed by atoms with Gasteiger partial charge < -0.3 is 10.2 Å². The molecule has 0 saturated carbocycles. The third-order valence-corrected chi connectivity index (χ3v) is 9.46. The van der Waals surface area contributed by atoms with E-state index in [0.29, 0.717) is 32.7 Å². The molecule has 0 aliphatic rings. The number of nitrogens with one attached hydrogen (secondary N) is 1. The SMILES string of the molecule is CCC(C(=O)NC(C)(C)C)N(Cc1ccc(Cl)c(Cl)c1)C(=O)CN(c1ccc(C)c(C)c1)S(=O)(=O)c1ccc(Cl)cc1. The summed E-state index contributed by atoms with van der Waals surface area (Å²) in [7, 11) is -4.21. The van der Waals surface area contributed by atoms with Gasteiger partial charge in [0.25, 0.3) is 10.0 Å². The van der Waals surface area contributed by atoms with E-state index in [4.69, 9.17) is 34.8 Å². The van der Waals surface area contributed by atoms with Crippen LogP contribution in [0.2, 0.25) is 15.1 Å². The molecule has 7 nitrogen and oxygen atoms in total. The Labute approximate surface area is 263 Å². The number of benzene rings is 3. The Morgan fingerprint density at radius 3 is 2.07 bits per heavy atom. The summed E-state index contributed by atoms with van der Waals surface area (Å²) < 4.78 is 29.1. The second-order valence-electron chi connectivity index (χ2n) is 11.2. The molecule has 0 spiro atoms. The van der Waals surface area contributed by atoms with Crippen molar-refractivity contribution in [3.63, 3.8) is 0 Å². The molecule has 11 heteroatoms. The van der Waals surface area contributed by atoms with Gasteiger partial charge >= 0.3 is 0 Å². The van der Waals surface area contributed by atoms with Crippen molar-refractivity contribution < 1.29 is 18.0 Å². The summed E-state index contributed by atoms with van der Waals surface area (Å²) in [4.78, 5) is 29.0. The highest BCUT2D eigenvalue weighted by atomic mass is 35.5. The highest BCUT2D eigenvalue weighted by Gasteiger charge is 2.34. The van der Waals surface area contributed by atoms with Crippen LogP contribution in [0.3, 0.4) is 0 Å². The Bertz CT molecular complexity index is 1550. The number of carbonyl (C=O) groups excluding carboxylic acids is 2. The Morgan fingerprint density at radius 2 is 1.52 bits per heavy atom. The molecule has 0 bridgehead atoms. The van der Waals surface area contributed by atoms with E-state index in [2.05, 4.69) is 5.32 Å². The van der Waals surface area contributed by atoms with E-state index < -0.39 is 34.1 Å².